The number of tetrazole rings is 1. The topological polar surface area (TPSA) is 85.2 Å². The van der Waals surface area contributed by atoms with Crippen molar-refractivity contribution in [3.05, 3.63) is 41.2 Å². The second-order valence-corrected chi connectivity index (χ2v) is 6.44. The van der Waals surface area contributed by atoms with Crippen LogP contribution in [-0.4, -0.2) is 63.9 Å². The number of alkyl halides is 3. The Morgan fingerprint density at radius 3 is 2.79 bits per heavy atom. The number of ether oxygens (including phenoxy) is 1. The van der Waals surface area contributed by atoms with Gasteiger partial charge in [-0.1, -0.05) is 18.2 Å². The molecule has 1 N–H and O–H groups in total. The number of morpholine rings is 1. The molecule has 28 heavy (non-hydrogen) atoms. The van der Waals surface area contributed by atoms with E-state index in [4.69, 9.17) is 4.74 Å². The Morgan fingerprint density at radius 2 is 2.04 bits per heavy atom. The highest BCUT2D eigenvalue weighted by molar-refractivity contribution is 5.75. The van der Waals surface area contributed by atoms with Crippen LogP contribution in [0.2, 0.25) is 0 Å². The summed E-state index contributed by atoms with van der Waals surface area (Å²) in [6.45, 7) is 3.55. The first-order valence-electron chi connectivity index (χ1n) is 8.90. The molecule has 1 saturated heterocycles. The van der Waals surface area contributed by atoms with Gasteiger partial charge in [-0.2, -0.15) is 13.2 Å². The van der Waals surface area contributed by atoms with Gasteiger partial charge in [0.2, 0.25) is 5.91 Å². The van der Waals surface area contributed by atoms with E-state index in [1.165, 1.54) is 10.7 Å². The standard InChI is InChI=1S/C17H21F3N6O2/c18-17(19,20)14-3-1-2-13(10-14)4-5-21-16(27)12-26-15(22-23-24-26)11-25-6-8-28-9-7-25/h1-3,10H,4-9,11-12H2,(H,21,27). The van der Waals surface area contributed by atoms with Crippen molar-refractivity contribution >= 4 is 5.91 Å². The fourth-order valence-corrected chi connectivity index (χ4v) is 2.86. The molecule has 0 atom stereocenters. The molecule has 152 valence electrons. The lowest BCUT2D eigenvalue weighted by Gasteiger charge is -2.25. The summed E-state index contributed by atoms with van der Waals surface area (Å²) >= 11 is 0. The van der Waals surface area contributed by atoms with Gasteiger partial charge in [0.15, 0.2) is 5.82 Å². The minimum Gasteiger partial charge on any atom is -0.379 e. The molecule has 2 aromatic rings. The predicted octanol–water partition coefficient (Wildman–Crippen LogP) is 0.883. The van der Waals surface area contributed by atoms with Crippen molar-refractivity contribution < 1.29 is 22.7 Å². The molecule has 1 fully saturated rings. The zero-order valence-electron chi connectivity index (χ0n) is 15.2. The van der Waals surface area contributed by atoms with Gasteiger partial charge in [0.25, 0.3) is 0 Å². The van der Waals surface area contributed by atoms with Crippen LogP contribution in [0.1, 0.15) is 17.0 Å². The zero-order chi connectivity index (χ0) is 20.0. The van der Waals surface area contributed by atoms with Gasteiger partial charge in [-0.3, -0.25) is 9.69 Å². The minimum atomic E-state index is -4.38. The monoisotopic (exact) mass is 398 g/mol. The van der Waals surface area contributed by atoms with Crippen LogP contribution in [-0.2, 0) is 35.2 Å². The molecular weight excluding hydrogens is 377 g/mol. The maximum absolute atomic E-state index is 12.7. The number of carbonyl (C=O) groups is 1. The Hall–Kier alpha value is -2.53. The lowest BCUT2D eigenvalue weighted by molar-refractivity contribution is -0.137. The average Bonchev–Trinajstić information content (AvgIpc) is 3.09. The number of nitrogens with zero attached hydrogens (tertiary/aromatic N) is 5. The number of hydrogen-bond donors (Lipinski definition) is 1. The van der Waals surface area contributed by atoms with E-state index < -0.39 is 11.7 Å². The van der Waals surface area contributed by atoms with E-state index in [9.17, 15) is 18.0 Å². The summed E-state index contributed by atoms with van der Waals surface area (Å²) < 4.78 is 44.9. The Bertz CT molecular complexity index is 789. The summed E-state index contributed by atoms with van der Waals surface area (Å²) in [7, 11) is 0. The average molecular weight is 398 g/mol. The molecule has 0 saturated carbocycles. The smallest absolute Gasteiger partial charge is 0.379 e. The van der Waals surface area contributed by atoms with Gasteiger partial charge >= 0.3 is 6.18 Å². The number of aromatic nitrogens is 4. The maximum atomic E-state index is 12.7. The van der Waals surface area contributed by atoms with Gasteiger partial charge in [0, 0.05) is 19.6 Å². The van der Waals surface area contributed by atoms with Gasteiger partial charge in [-0.25, -0.2) is 4.68 Å². The van der Waals surface area contributed by atoms with Crippen LogP contribution in [0.4, 0.5) is 13.2 Å². The number of hydrogen-bond acceptors (Lipinski definition) is 6. The molecule has 0 aliphatic carbocycles. The van der Waals surface area contributed by atoms with Crippen LogP contribution >= 0.6 is 0 Å². The van der Waals surface area contributed by atoms with Crippen LogP contribution in [0.3, 0.4) is 0 Å². The number of nitrogens with one attached hydrogen (secondary N) is 1. The second kappa shape index (κ2) is 9.11. The third-order valence-corrected chi connectivity index (χ3v) is 4.36. The fraction of sp³-hybridized carbons (Fsp3) is 0.529. The summed E-state index contributed by atoms with van der Waals surface area (Å²) in [5.41, 5.74) is -0.191. The molecule has 0 unspecified atom stereocenters. The van der Waals surface area contributed by atoms with Crippen molar-refractivity contribution in [2.75, 3.05) is 32.8 Å². The van der Waals surface area contributed by atoms with Gasteiger partial charge in [-0.05, 0) is 28.5 Å². The molecule has 1 amide bonds. The van der Waals surface area contributed by atoms with Crippen molar-refractivity contribution in [2.24, 2.45) is 0 Å². The lowest BCUT2D eigenvalue weighted by Crippen LogP contribution is -2.37. The summed E-state index contributed by atoms with van der Waals surface area (Å²) in [5, 5.41) is 14.1. The molecule has 0 spiro atoms. The Morgan fingerprint density at radius 1 is 1.25 bits per heavy atom. The zero-order valence-corrected chi connectivity index (χ0v) is 15.2. The molecule has 11 heteroatoms. The fourth-order valence-electron chi connectivity index (χ4n) is 2.86. The number of amides is 1. The van der Waals surface area contributed by atoms with Crippen LogP contribution in [0, 0.1) is 0 Å². The molecule has 1 aliphatic heterocycles. The normalized spacial score (nSPS) is 15.5. The summed E-state index contributed by atoms with van der Waals surface area (Å²) in [5.74, 6) is 0.275. The van der Waals surface area contributed by atoms with Gasteiger partial charge in [-0.15, -0.1) is 5.10 Å². The van der Waals surface area contributed by atoms with E-state index in [1.807, 2.05) is 0 Å². The van der Waals surface area contributed by atoms with Crippen LogP contribution in [0.5, 0.6) is 0 Å². The van der Waals surface area contributed by atoms with Crippen LogP contribution < -0.4 is 5.32 Å². The molecule has 2 heterocycles. The van der Waals surface area contributed by atoms with E-state index in [0.29, 0.717) is 37.6 Å². The number of benzene rings is 1. The quantitative estimate of drug-likeness (QED) is 0.746. The highest BCUT2D eigenvalue weighted by atomic mass is 19.4. The molecule has 1 aromatic heterocycles. The third kappa shape index (κ3) is 5.73. The SMILES string of the molecule is O=C(Cn1nnnc1CN1CCOCC1)NCCc1cccc(C(F)(F)F)c1. The Kier molecular flexibility index (Phi) is 6.57. The van der Waals surface area contributed by atoms with Crippen LogP contribution in [0.15, 0.2) is 24.3 Å². The van der Waals surface area contributed by atoms with E-state index in [1.54, 1.807) is 6.07 Å². The molecule has 1 aliphatic rings. The number of carbonyl (C=O) groups excluding carboxylic acids is 1. The number of rotatable bonds is 7. The summed E-state index contributed by atoms with van der Waals surface area (Å²) in [6, 6.07) is 5.08. The lowest BCUT2D eigenvalue weighted by atomic mass is 10.1. The van der Waals surface area contributed by atoms with Crippen LogP contribution in [0.25, 0.3) is 0 Å². The molecule has 8 nitrogen and oxygen atoms in total. The third-order valence-electron chi connectivity index (χ3n) is 4.36. The highest BCUT2D eigenvalue weighted by Crippen LogP contribution is 2.29. The summed E-state index contributed by atoms with van der Waals surface area (Å²) in [4.78, 5) is 14.3. The van der Waals surface area contributed by atoms with Crippen molar-refractivity contribution in [1.29, 1.82) is 0 Å². The molecule has 0 radical (unpaired) electrons. The van der Waals surface area contributed by atoms with Gasteiger partial charge < -0.3 is 10.1 Å². The Balaban J connectivity index is 1.47. The van der Waals surface area contributed by atoms with Crippen molar-refractivity contribution in [3.8, 4) is 0 Å². The predicted molar refractivity (Wildman–Crippen MR) is 92.1 cm³/mol. The first-order valence-corrected chi connectivity index (χ1v) is 8.90. The molecule has 1 aromatic carbocycles. The molecule has 0 bridgehead atoms. The van der Waals surface area contributed by atoms with E-state index in [2.05, 4.69) is 25.7 Å². The van der Waals surface area contributed by atoms with E-state index >= 15 is 0 Å². The largest absolute Gasteiger partial charge is 0.416 e. The van der Waals surface area contributed by atoms with E-state index in [-0.39, 0.29) is 19.0 Å². The van der Waals surface area contributed by atoms with Gasteiger partial charge in [0.1, 0.15) is 6.54 Å². The van der Waals surface area contributed by atoms with Gasteiger partial charge in [0.05, 0.1) is 25.3 Å². The minimum absolute atomic E-state index is 0.0464. The molecule has 3 rings (SSSR count). The first-order chi connectivity index (χ1) is 13.4. The number of halogens is 3. The maximum Gasteiger partial charge on any atom is 0.416 e. The van der Waals surface area contributed by atoms with Crippen molar-refractivity contribution in [2.45, 2.75) is 25.7 Å². The molecular formula is C17H21F3N6O2. The van der Waals surface area contributed by atoms with E-state index in [0.717, 1.165) is 25.2 Å². The Labute approximate surface area is 159 Å². The van der Waals surface area contributed by atoms with Crippen molar-refractivity contribution in [3.63, 3.8) is 0 Å². The highest BCUT2D eigenvalue weighted by Gasteiger charge is 2.30. The second-order valence-electron chi connectivity index (χ2n) is 6.44. The summed E-state index contributed by atoms with van der Waals surface area (Å²) in [6.07, 6.45) is -4.08. The van der Waals surface area contributed by atoms with Crippen molar-refractivity contribution in [1.82, 2.24) is 30.4 Å². The first kappa shape index (κ1) is 20.2.